The van der Waals surface area contributed by atoms with Crippen LogP contribution in [-0.4, -0.2) is 5.91 Å². The smallest absolute Gasteiger partial charge is 0.248 e. The molecule has 12 heavy (non-hydrogen) atoms. The Morgan fingerprint density at radius 1 is 1.33 bits per heavy atom. The maximum atomic E-state index is 10.8. The van der Waals surface area contributed by atoms with Gasteiger partial charge in [0.2, 0.25) is 5.91 Å². The Hall–Kier alpha value is -0.830. The number of carbonyl (C=O) groups is 1. The Bertz CT molecular complexity index is 310. The molecule has 0 aliphatic carbocycles. The van der Waals surface area contributed by atoms with Crippen molar-refractivity contribution in [2.24, 2.45) is 5.73 Å². The minimum absolute atomic E-state index is 0.381. The second-order valence-corrected chi connectivity index (χ2v) is 3.58. The third kappa shape index (κ3) is 1.67. The normalized spacial score (nSPS) is 9.92. The number of hydrogen-bond acceptors (Lipinski definition) is 1. The van der Waals surface area contributed by atoms with Crippen LogP contribution in [0.4, 0.5) is 0 Å². The SMILES string of the molecule is Cc1cc(C(N)=O)cc(C)c1Br. The van der Waals surface area contributed by atoms with Gasteiger partial charge in [-0.2, -0.15) is 0 Å². The molecule has 0 aromatic heterocycles. The lowest BCUT2D eigenvalue weighted by Gasteiger charge is -2.04. The van der Waals surface area contributed by atoms with Crippen molar-refractivity contribution < 1.29 is 4.79 Å². The number of primary amides is 1. The highest BCUT2D eigenvalue weighted by atomic mass is 79.9. The van der Waals surface area contributed by atoms with Gasteiger partial charge in [-0.15, -0.1) is 0 Å². The minimum atomic E-state index is -0.381. The Morgan fingerprint density at radius 3 is 2.08 bits per heavy atom. The van der Waals surface area contributed by atoms with Crippen LogP contribution in [0.25, 0.3) is 0 Å². The number of nitrogens with two attached hydrogens (primary N) is 1. The molecule has 0 saturated carbocycles. The molecule has 0 aliphatic heterocycles. The zero-order valence-electron chi connectivity index (χ0n) is 7.02. The average Bonchev–Trinajstić information content (AvgIpc) is 1.99. The van der Waals surface area contributed by atoms with Crippen LogP contribution in [0.3, 0.4) is 0 Å². The maximum Gasteiger partial charge on any atom is 0.248 e. The molecule has 0 unspecified atom stereocenters. The average molecular weight is 228 g/mol. The quantitative estimate of drug-likeness (QED) is 0.786. The third-order valence-corrected chi connectivity index (χ3v) is 2.97. The van der Waals surface area contributed by atoms with Gasteiger partial charge in [-0.3, -0.25) is 4.79 Å². The van der Waals surface area contributed by atoms with Gasteiger partial charge in [0.1, 0.15) is 0 Å². The lowest BCUT2D eigenvalue weighted by atomic mass is 10.1. The molecule has 1 aromatic rings. The summed E-state index contributed by atoms with van der Waals surface area (Å²) in [6.45, 7) is 3.87. The first-order valence-corrected chi connectivity index (χ1v) is 4.38. The molecule has 0 bridgehead atoms. The Morgan fingerprint density at radius 2 is 1.75 bits per heavy atom. The molecule has 0 saturated heterocycles. The number of aryl methyl sites for hydroxylation is 2. The highest BCUT2D eigenvalue weighted by Crippen LogP contribution is 2.21. The predicted octanol–water partition coefficient (Wildman–Crippen LogP) is 2.16. The summed E-state index contributed by atoms with van der Waals surface area (Å²) in [4.78, 5) is 10.8. The number of rotatable bonds is 1. The fourth-order valence-corrected chi connectivity index (χ4v) is 1.32. The monoisotopic (exact) mass is 227 g/mol. The van der Waals surface area contributed by atoms with E-state index in [0.717, 1.165) is 15.6 Å². The fraction of sp³-hybridized carbons (Fsp3) is 0.222. The van der Waals surface area contributed by atoms with Crippen molar-refractivity contribution >= 4 is 21.8 Å². The molecule has 1 rings (SSSR count). The van der Waals surface area contributed by atoms with E-state index < -0.39 is 0 Å². The lowest BCUT2D eigenvalue weighted by molar-refractivity contribution is 0.1000. The molecule has 0 radical (unpaired) electrons. The summed E-state index contributed by atoms with van der Waals surface area (Å²) >= 11 is 3.41. The van der Waals surface area contributed by atoms with Gasteiger partial charge in [0, 0.05) is 10.0 Å². The van der Waals surface area contributed by atoms with Crippen LogP contribution in [0.5, 0.6) is 0 Å². The number of halogens is 1. The van der Waals surface area contributed by atoms with Gasteiger partial charge in [0.25, 0.3) is 0 Å². The van der Waals surface area contributed by atoms with Crippen molar-refractivity contribution in [2.45, 2.75) is 13.8 Å². The van der Waals surface area contributed by atoms with Crippen molar-refractivity contribution in [1.29, 1.82) is 0 Å². The second-order valence-electron chi connectivity index (χ2n) is 2.79. The number of benzene rings is 1. The van der Waals surface area contributed by atoms with E-state index in [4.69, 9.17) is 5.73 Å². The van der Waals surface area contributed by atoms with Gasteiger partial charge >= 0.3 is 0 Å². The van der Waals surface area contributed by atoms with Crippen LogP contribution < -0.4 is 5.73 Å². The molecule has 0 fully saturated rings. The first kappa shape index (κ1) is 9.26. The summed E-state index contributed by atoms with van der Waals surface area (Å²) in [5.41, 5.74) is 7.77. The second kappa shape index (κ2) is 3.27. The molecule has 0 aliphatic rings. The van der Waals surface area contributed by atoms with E-state index in [1.165, 1.54) is 0 Å². The third-order valence-electron chi connectivity index (χ3n) is 1.72. The van der Waals surface area contributed by atoms with Gasteiger partial charge in [-0.25, -0.2) is 0 Å². The van der Waals surface area contributed by atoms with Crippen molar-refractivity contribution in [3.05, 3.63) is 33.3 Å². The van der Waals surface area contributed by atoms with Crippen LogP contribution in [0, 0.1) is 13.8 Å². The zero-order valence-corrected chi connectivity index (χ0v) is 8.60. The number of carbonyl (C=O) groups excluding carboxylic acids is 1. The van der Waals surface area contributed by atoms with E-state index in [0.29, 0.717) is 5.56 Å². The van der Waals surface area contributed by atoms with Crippen LogP contribution in [0.1, 0.15) is 21.5 Å². The highest BCUT2D eigenvalue weighted by molar-refractivity contribution is 9.10. The number of amides is 1. The largest absolute Gasteiger partial charge is 0.366 e. The lowest BCUT2D eigenvalue weighted by Crippen LogP contribution is -2.11. The van der Waals surface area contributed by atoms with Gasteiger partial charge in [-0.1, -0.05) is 15.9 Å². The summed E-state index contributed by atoms with van der Waals surface area (Å²) in [5, 5.41) is 0. The minimum Gasteiger partial charge on any atom is -0.366 e. The molecular weight excluding hydrogens is 218 g/mol. The Kier molecular flexibility index (Phi) is 2.52. The fourth-order valence-electron chi connectivity index (χ4n) is 1.09. The van der Waals surface area contributed by atoms with E-state index in [1.807, 2.05) is 13.8 Å². The van der Waals surface area contributed by atoms with E-state index >= 15 is 0 Å². The Labute approximate surface area is 79.9 Å². The summed E-state index contributed by atoms with van der Waals surface area (Å²) in [7, 11) is 0. The van der Waals surface area contributed by atoms with Crippen LogP contribution in [-0.2, 0) is 0 Å². The molecule has 1 aromatic carbocycles. The molecule has 2 nitrogen and oxygen atoms in total. The van der Waals surface area contributed by atoms with Crippen molar-refractivity contribution in [1.82, 2.24) is 0 Å². The van der Waals surface area contributed by atoms with Crippen LogP contribution >= 0.6 is 15.9 Å². The topological polar surface area (TPSA) is 43.1 Å². The molecule has 0 heterocycles. The molecule has 1 amide bonds. The molecular formula is C9H10BrNO. The zero-order chi connectivity index (χ0) is 9.30. The van der Waals surface area contributed by atoms with Crippen molar-refractivity contribution in [2.75, 3.05) is 0 Å². The van der Waals surface area contributed by atoms with E-state index in [2.05, 4.69) is 15.9 Å². The van der Waals surface area contributed by atoms with Crippen molar-refractivity contribution in [3.63, 3.8) is 0 Å². The van der Waals surface area contributed by atoms with Crippen LogP contribution in [0.15, 0.2) is 16.6 Å². The van der Waals surface area contributed by atoms with E-state index in [1.54, 1.807) is 12.1 Å². The summed E-state index contributed by atoms with van der Waals surface area (Å²) in [5.74, 6) is -0.381. The molecule has 3 heteroatoms. The van der Waals surface area contributed by atoms with Gasteiger partial charge < -0.3 is 5.73 Å². The molecule has 0 spiro atoms. The maximum absolute atomic E-state index is 10.8. The summed E-state index contributed by atoms with van der Waals surface area (Å²) < 4.78 is 1.03. The van der Waals surface area contributed by atoms with Crippen LogP contribution in [0.2, 0.25) is 0 Å². The summed E-state index contributed by atoms with van der Waals surface area (Å²) in [6, 6.07) is 3.55. The van der Waals surface area contributed by atoms with Gasteiger partial charge in [-0.05, 0) is 37.1 Å². The first-order valence-electron chi connectivity index (χ1n) is 3.59. The van der Waals surface area contributed by atoms with Gasteiger partial charge in [0.15, 0.2) is 0 Å². The molecule has 0 atom stereocenters. The summed E-state index contributed by atoms with van der Waals surface area (Å²) in [6.07, 6.45) is 0. The number of hydrogen-bond donors (Lipinski definition) is 1. The van der Waals surface area contributed by atoms with Crippen molar-refractivity contribution in [3.8, 4) is 0 Å². The molecule has 64 valence electrons. The van der Waals surface area contributed by atoms with Gasteiger partial charge in [0.05, 0.1) is 0 Å². The van der Waals surface area contributed by atoms with E-state index in [-0.39, 0.29) is 5.91 Å². The predicted molar refractivity (Wildman–Crippen MR) is 52.1 cm³/mol. The van der Waals surface area contributed by atoms with E-state index in [9.17, 15) is 4.79 Å². The first-order chi connectivity index (χ1) is 5.52. The highest BCUT2D eigenvalue weighted by Gasteiger charge is 2.05. The Balaban J connectivity index is 3.31. The standard InChI is InChI=1S/C9H10BrNO/c1-5-3-7(9(11)12)4-6(2)8(5)10/h3-4H,1-2H3,(H2,11,12). The molecule has 2 N–H and O–H groups in total.